The predicted molar refractivity (Wildman–Crippen MR) is 277 cm³/mol. The van der Waals surface area contributed by atoms with Crippen molar-refractivity contribution in [2.75, 3.05) is 0 Å². The summed E-state index contributed by atoms with van der Waals surface area (Å²) in [5.74, 6) is 0.982. The third kappa shape index (κ3) is 5.21. The minimum atomic E-state index is -4.56. The van der Waals surface area contributed by atoms with Gasteiger partial charge in [0.2, 0.25) is 0 Å². The molecule has 9 aromatic carbocycles. The van der Waals surface area contributed by atoms with Crippen molar-refractivity contribution in [3.8, 4) is 23.0 Å². The summed E-state index contributed by atoms with van der Waals surface area (Å²) >= 11 is 0. The molecular formula is C56H26N2O12S2. The van der Waals surface area contributed by atoms with E-state index >= 15 is 0 Å². The van der Waals surface area contributed by atoms with Crippen molar-refractivity contribution in [3.63, 3.8) is 0 Å². The van der Waals surface area contributed by atoms with Crippen LogP contribution in [0, 0.1) is 0 Å². The van der Waals surface area contributed by atoms with Crippen molar-refractivity contribution in [2.45, 2.75) is 9.79 Å². The predicted octanol–water partition coefficient (Wildman–Crippen LogP) is 10.4. The second-order valence-corrected chi connectivity index (χ2v) is 21.0. The molecule has 0 radical (unpaired) electrons. The van der Waals surface area contributed by atoms with Crippen molar-refractivity contribution in [1.29, 1.82) is 0 Å². The van der Waals surface area contributed by atoms with E-state index in [0.717, 1.165) is 0 Å². The summed E-state index contributed by atoms with van der Waals surface area (Å²) < 4.78 is 85.8. The number of ether oxygens (including phenoxy) is 2. The molecule has 0 saturated carbocycles. The highest BCUT2D eigenvalue weighted by atomic mass is 32.2. The van der Waals surface area contributed by atoms with E-state index in [0.29, 0.717) is 119 Å². The standard InChI is InChI=1S/C56H26N2O12S2/c59-43-21-39-29-15-17-35-52-48(70-26-9-13-28(14-10-26)72(66,67)68)20-38-42-24-46(62)34-6-2-4-32-44(60)22-40(58(42)56(32)34)30-16-18-36(54(52)50(30)38)51-47(69-25-7-11-27(12-8-25)71(63,64)65)19-37(49(29)53(35)51)41-23-45(61)33-5-1-3-31(43)55(33)57(39)41/h1-24H,(H,63,64,65)(H,66,67,68). The molecular weight excluding hydrogens is 957 g/mol. The maximum absolute atomic E-state index is 14.1. The minimum Gasteiger partial charge on any atom is -0.457 e. The molecule has 16 heteroatoms. The second-order valence-electron chi connectivity index (χ2n) is 18.2. The third-order valence-electron chi connectivity index (χ3n) is 14.5. The first kappa shape index (κ1) is 40.8. The van der Waals surface area contributed by atoms with E-state index in [1.165, 1.54) is 60.7 Å². The van der Waals surface area contributed by atoms with Crippen molar-refractivity contribution in [1.82, 2.24) is 8.80 Å². The lowest BCUT2D eigenvalue weighted by atomic mass is 9.84. The van der Waals surface area contributed by atoms with Crippen molar-refractivity contribution in [3.05, 3.63) is 186 Å². The third-order valence-corrected chi connectivity index (χ3v) is 16.2. The van der Waals surface area contributed by atoms with Crippen LogP contribution in [0.25, 0.3) is 119 Å². The molecule has 6 aromatic heterocycles. The Labute approximate surface area is 401 Å². The molecule has 14 nitrogen and oxygen atoms in total. The molecule has 0 spiro atoms. The van der Waals surface area contributed by atoms with Crippen molar-refractivity contribution in [2.24, 2.45) is 0 Å². The molecule has 0 amide bonds. The van der Waals surface area contributed by atoms with Gasteiger partial charge in [-0.05, 0) is 95.7 Å². The molecule has 0 atom stereocenters. The molecule has 344 valence electrons. The van der Waals surface area contributed by atoms with E-state index in [1.54, 1.807) is 48.5 Å². The number of rotatable bonds is 6. The quantitative estimate of drug-likeness (QED) is 0.0907. The molecule has 0 saturated heterocycles. The average molecular weight is 983 g/mol. The first-order valence-corrected chi connectivity index (χ1v) is 25.2. The number of nitrogens with zero attached hydrogens (tertiary/aromatic N) is 2. The Morgan fingerprint density at radius 2 is 0.653 bits per heavy atom. The summed E-state index contributed by atoms with van der Waals surface area (Å²) in [7, 11) is -9.12. The smallest absolute Gasteiger partial charge is 0.294 e. The molecule has 6 heterocycles. The van der Waals surface area contributed by atoms with Gasteiger partial charge >= 0.3 is 0 Å². The van der Waals surface area contributed by atoms with Gasteiger partial charge in [-0.3, -0.25) is 28.3 Å². The minimum absolute atomic E-state index is 0.206. The van der Waals surface area contributed by atoms with E-state index < -0.39 is 20.2 Å². The highest BCUT2D eigenvalue weighted by Crippen LogP contribution is 2.54. The van der Waals surface area contributed by atoms with Gasteiger partial charge in [-0.25, -0.2) is 0 Å². The van der Waals surface area contributed by atoms with Crippen LogP contribution < -0.4 is 31.2 Å². The van der Waals surface area contributed by atoms with Gasteiger partial charge in [0, 0.05) is 99.7 Å². The van der Waals surface area contributed by atoms with Crippen LogP contribution in [-0.2, 0) is 20.2 Å². The fourth-order valence-corrected chi connectivity index (χ4v) is 12.6. The maximum Gasteiger partial charge on any atom is 0.294 e. The fourth-order valence-electron chi connectivity index (χ4n) is 11.6. The monoisotopic (exact) mass is 982 g/mol. The summed E-state index contributed by atoms with van der Waals surface area (Å²) in [6.07, 6.45) is 0. The summed E-state index contributed by atoms with van der Waals surface area (Å²) in [5, 5.41) is 8.96. The number of benzene rings is 9. The molecule has 0 fully saturated rings. The molecule has 0 aliphatic rings. The lowest BCUT2D eigenvalue weighted by molar-refractivity contribution is 0.478. The van der Waals surface area contributed by atoms with E-state index in [1.807, 2.05) is 45.2 Å². The Morgan fingerprint density at radius 3 is 0.986 bits per heavy atom. The second kappa shape index (κ2) is 13.4. The van der Waals surface area contributed by atoms with Crippen LogP contribution in [0.2, 0.25) is 0 Å². The Bertz CT molecular complexity index is 5090. The molecule has 15 aromatic rings. The summed E-state index contributed by atoms with van der Waals surface area (Å²) in [6.45, 7) is 0. The molecule has 0 aliphatic carbocycles. The summed E-state index contributed by atoms with van der Waals surface area (Å²) in [5.41, 5.74) is 1.81. The Kier molecular flexibility index (Phi) is 7.60. The highest BCUT2D eigenvalue weighted by Gasteiger charge is 2.29. The number of hydrogen-bond acceptors (Lipinski definition) is 10. The molecule has 0 bridgehead atoms. The number of hydrogen-bond donors (Lipinski definition) is 2. The number of para-hydroxylation sites is 2. The highest BCUT2D eigenvalue weighted by molar-refractivity contribution is 7.86. The lowest BCUT2D eigenvalue weighted by Gasteiger charge is -2.25. The number of aromatic nitrogens is 2. The van der Waals surface area contributed by atoms with Crippen LogP contribution in [0.5, 0.6) is 23.0 Å². The Balaban J connectivity index is 1.18. The average Bonchev–Trinajstić information content (AvgIpc) is 3.36. The fraction of sp³-hybridized carbons (Fsp3) is 0. The largest absolute Gasteiger partial charge is 0.457 e. The topological polar surface area (TPSA) is 204 Å². The van der Waals surface area contributed by atoms with Gasteiger partial charge < -0.3 is 18.3 Å². The van der Waals surface area contributed by atoms with Gasteiger partial charge in [0.1, 0.15) is 23.0 Å². The molecule has 72 heavy (non-hydrogen) atoms. The normalized spacial score (nSPS) is 13.0. The molecule has 2 N–H and O–H groups in total. The Hall–Kier alpha value is -9.06. The van der Waals surface area contributed by atoms with Gasteiger partial charge in [-0.2, -0.15) is 16.8 Å². The van der Waals surface area contributed by atoms with Crippen LogP contribution >= 0.6 is 0 Å². The van der Waals surface area contributed by atoms with Gasteiger partial charge in [0.15, 0.2) is 21.7 Å². The van der Waals surface area contributed by atoms with E-state index in [9.17, 15) is 45.1 Å². The maximum atomic E-state index is 14.1. The van der Waals surface area contributed by atoms with Crippen molar-refractivity contribution < 1.29 is 35.4 Å². The van der Waals surface area contributed by atoms with Crippen LogP contribution in [0.3, 0.4) is 0 Å². The lowest BCUT2D eigenvalue weighted by Crippen LogP contribution is -2.13. The van der Waals surface area contributed by atoms with E-state index in [2.05, 4.69) is 0 Å². The number of pyridine rings is 6. The summed E-state index contributed by atoms with van der Waals surface area (Å²) in [6, 6.07) is 38.1. The Morgan fingerprint density at radius 1 is 0.333 bits per heavy atom. The zero-order valence-corrected chi connectivity index (χ0v) is 38.2. The molecule has 0 aliphatic heterocycles. The SMILES string of the molecule is O=c1cc2c3ccc4c5c(Oc6ccc(S(=O)(=O)O)cc6)cc6c7c(ccc(c8c(Oc9ccc(S(=O)(=O)O)cc9)cc(c3c48)c3cc(=O)c4cccc1c4n23)c57)c1cc(=O)c2cccc3c(=O)cc6n1c23. The van der Waals surface area contributed by atoms with Gasteiger partial charge in [-0.15, -0.1) is 0 Å². The van der Waals surface area contributed by atoms with Crippen molar-refractivity contribution >= 4 is 140 Å². The van der Waals surface area contributed by atoms with Crippen LogP contribution in [0.1, 0.15) is 0 Å². The van der Waals surface area contributed by atoms with E-state index in [4.69, 9.17) is 9.47 Å². The molecule has 0 unspecified atom stereocenters. The number of fused-ring (bicyclic) bond motifs is 6. The molecule has 15 rings (SSSR count). The van der Waals surface area contributed by atoms with E-state index in [-0.39, 0.29) is 54.5 Å². The van der Waals surface area contributed by atoms with Crippen LogP contribution in [0.4, 0.5) is 0 Å². The zero-order chi connectivity index (χ0) is 49.0. The first-order chi connectivity index (χ1) is 34.6. The first-order valence-electron chi connectivity index (χ1n) is 22.3. The zero-order valence-electron chi connectivity index (χ0n) is 36.5. The van der Waals surface area contributed by atoms with Gasteiger partial charge in [-0.1, -0.05) is 36.4 Å². The van der Waals surface area contributed by atoms with Gasteiger partial charge in [0.05, 0.1) is 42.9 Å². The van der Waals surface area contributed by atoms with Crippen LogP contribution in [0.15, 0.2) is 175 Å². The summed E-state index contributed by atoms with van der Waals surface area (Å²) in [4.78, 5) is 55.6. The van der Waals surface area contributed by atoms with Gasteiger partial charge in [0.25, 0.3) is 20.2 Å². The van der Waals surface area contributed by atoms with Crippen LogP contribution in [-0.4, -0.2) is 34.7 Å².